The average Bonchev–Trinajstić information content (AvgIpc) is 2.66. The Kier molecular flexibility index (Phi) is 8.51. The van der Waals surface area contributed by atoms with Crippen LogP contribution in [0.15, 0.2) is 70.5 Å². The third-order valence-corrected chi connectivity index (χ3v) is 6.36. The van der Waals surface area contributed by atoms with Gasteiger partial charge in [-0.1, -0.05) is 0 Å². The molecule has 0 saturated heterocycles. The Bertz CT molecular complexity index is 1470. The van der Waals surface area contributed by atoms with Crippen LogP contribution in [0.4, 0.5) is 11.4 Å². The molecule has 0 aromatic heterocycles. The van der Waals surface area contributed by atoms with Crippen LogP contribution in [0.2, 0.25) is 0 Å². The average molecular weight is 507 g/mol. The molecular formula is C20H15NNa2O8S2. The molecule has 0 atom stereocenters. The number of nitrogens with one attached hydrogen (secondary N) is 1. The predicted molar refractivity (Wildman–Crippen MR) is 126 cm³/mol. The number of hydrogen-bond donors (Lipinski definition) is 5. The number of aromatic hydroxyl groups is 2. The smallest absolute Gasteiger partial charge is 0.294 e. The fourth-order valence-electron chi connectivity index (χ4n) is 3.27. The molecule has 0 heterocycles. The van der Waals surface area contributed by atoms with Crippen LogP contribution in [-0.2, 0) is 20.2 Å². The van der Waals surface area contributed by atoms with Gasteiger partial charge in [0.15, 0.2) is 0 Å². The summed E-state index contributed by atoms with van der Waals surface area (Å²) in [5, 5.41) is 24.6. The van der Waals surface area contributed by atoms with Gasteiger partial charge < -0.3 is 15.5 Å². The van der Waals surface area contributed by atoms with E-state index in [2.05, 4.69) is 5.32 Å². The van der Waals surface area contributed by atoms with Crippen molar-refractivity contribution in [2.45, 2.75) is 9.79 Å². The minimum absolute atomic E-state index is 0. The molecule has 0 aliphatic heterocycles. The summed E-state index contributed by atoms with van der Waals surface area (Å²) in [6.45, 7) is 0. The Hall–Kier alpha value is -1.38. The van der Waals surface area contributed by atoms with Crippen molar-refractivity contribution in [2.75, 3.05) is 5.32 Å². The second kappa shape index (κ2) is 10.1. The van der Waals surface area contributed by atoms with Crippen LogP contribution in [0.5, 0.6) is 11.5 Å². The van der Waals surface area contributed by atoms with E-state index >= 15 is 0 Å². The summed E-state index contributed by atoms with van der Waals surface area (Å²) in [5.41, 5.74) is 1.02. The van der Waals surface area contributed by atoms with Crippen molar-refractivity contribution in [1.29, 1.82) is 0 Å². The van der Waals surface area contributed by atoms with Crippen LogP contribution in [0.1, 0.15) is 0 Å². The summed E-state index contributed by atoms with van der Waals surface area (Å²) in [6, 6.07) is 13.8. The molecule has 0 unspecified atom stereocenters. The molecule has 9 nitrogen and oxygen atoms in total. The summed E-state index contributed by atoms with van der Waals surface area (Å²) in [4.78, 5) is -0.901. The van der Waals surface area contributed by atoms with Gasteiger partial charge in [0.25, 0.3) is 20.2 Å². The van der Waals surface area contributed by atoms with Crippen molar-refractivity contribution in [3.63, 3.8) is 0 Å². The standard InChI is InChI=1S/C20H15NO8S2.2Na/c22-19-9-15(30(24,25)26)7-11-5-13(1-3-17(11)19)21-14-2-4-18-12(6-14)8-16(10-20(18)23)31(27,28)29;;/h1-10,21-23H,(H,24,25,26)(H,27,28,29);;. The van der Waals surface area contributed by atoms with Crippen molar-refractivity contribution in [3.05, 3.63) is 60.7 Å². The third kappa shape index (κ3) is 6.01. The fourth-order valence-corrected chi connectivity index (χ4v) is 4.34. The molecule has 2 radical (unpaired) electrons. The first-order valence-electron chi connectivity index (χ1n) is 8.67. The van der Waals surface area contributed by atoms with E-state index in [1.54, 1.807) is 36.4 Å². The molecule has 0 aliphatic carbocycles. The first-order chi connectivity index (χ1) is 14.4. The Balaban J connectivity index is 0.00000193. The minimum atomic E-state index is -4.51. The Morgan fingerprint density at radius 3 is 1.27 bits per heavy atom. The van der Waals surface area contributed by atoms with E-state index in [4.69, 9.17) is 0 Å². The Labute approximate surface area is 233 Å². The first-order valence-corrected chi connectivity index (χ1v) is 11.6. The third-order valence-electron chi connectivity index (χ3n) is 4.69. The zero-order valence-electron chi connectivity index (χ0n) is 17.5. The molecule has 4 aromatic carbocycles. The largest absolute Gasteiger partial charge is 0.507 e. The van der Waals surface area contributed by atoms with Gasteiger partial charge in [0.05, 0.1) is 9.79 Å². The molecule has 0 aliphatic rings. The van der Waals surface area contributed by atoms with Crippen molar-refractivity contribution in [3.8, 4) is 11.5 Å². The quantitative estimate of drug-likeness (QED) is 0.207. The van der Waals surface area contributed by atoms with Crippen molar-refractivity contribution in [1.82, 2.24) is 0 Å². The van der Waals surface area contributed by atoms with E-state index in [1.165, 1.54) is 12.1 Å². The van der Waals surface area contributed by atoms with Gasteiger partial charge in [0.2, 0.25) is 0 Å². The van der Waals surface area contributed by atoms with Crippen LogP contribution < -0.4 is 5.32 Å². The number of fused-ring (bicyclic) bond motifs is 2. The van der Waals surface area contributed by atoms with Crippen LogP contribution in [0.3, 0.4) is 0 Å². The van der Waals surface area contributed by atoms with E-state index in [0.717, 1.165) is 12.1 Å². The topological polar surface area (TPSA) is 161 Å². The van der Waals surface area contributed by atoms with E-state index < -0.39 is 30.0 Å². The Morgan fingerprint density at radius 2 is 0.939 bits per heavy atom. The molecule has 13 heteroatoms. The van der Waals surface area contributed by atoms with Crippen LogP contribution in [-0.4, -0.2) is 95.3 Å². The molecule has 4 rings (SSSR count). The number of rotatable bonds is 4. The normalized spacial score (nSPS) is 11.6. The molecule has 5 N–H and O–H groups in total. The molecule has 33 heavy (non-hydrogen) atoms. The predicted octanol–water partition coefficient (Wildman–Crippen LogP) is 2.88. The maximum Gasteiger partial charge on any atom is 0.294 e. The summed E-state index contributed by atoms with van der Waals surface area (Å²) in [6.07, 6.45) is 0. The van der Waals surface area contributed by atoms with E-state index in [9.17, 15) is 36.2 Å². The summed E-state index contributed by atoms with van der Waals surface area (Å²) < 4.78 is 64.1. The summed E-state index contributed by atoms with van der Waals surface area (Å²) in [5.74, 6) is -0.619. The molecule has 0 spiro atoms. The van der Waals surface area contributed by atoms with Crippen LogP contribution in [0, 0.1) is 0 Å². The molecule has 0 saturated carbocycles. The van der Waals surface area contributed by atoms with Gasteiger partial charge in [-0.25, -0.2) is 0 Å². The maximum absolute atomic E-state index is 11.4. The number of hydrogen-bond acceptors (Lipinski definition) is 7. The molecular weight excluding hydrogens is 492 g/mol. The first kappa shape index (κ1) is 27.9. The van der Waals surface area contributed by atoms with Gasteiger partial charge >= 0.3 is 0 Å². The monoisotopic (exact) mass is 507 g/mol. The summed E-state index contributed by atoms with van der Waals surface area (Å²) >= 11 is 0. The number of anilines is 2. The van der Waals surface area contributed by atoms with Crippen LogP contribution in [0.25, 0.3) is 21.5 Å². The second-order valence-electron chi connectivity index (χ2n) is 6.83. The van der Waals surface area contributed by atoms with E-state index in [0.29, 0.717) is 32.9 Å². The van der Waals surface area contributed by atoms with Crippen molar-refractivity contribution < 1.29 is 36.2 Å². The zero-order valence-corrected chi connectivity index (χ0v) is 23.1. The van der Waals surface area contributed by atoms with Gasteiger partial charge in [-0.2, -0.15) is 16.8 Å². The molecule has 0 amide bonds. The molecule has 0 fully saturated rings. The van der Waals surface area contributed by atoms with Gasteiger partial charge in [-0.05, 0) is 59.3 Å². The van der Waals surface area contributed by atoms with Gasteiger partial charge in [-0.3, -0.25) is 9.11 Å². The SMILES string of the molecule is O=S(=O)(O)c1cc(O)c2ccc(Nc3ccc4c(O)cc(S(=O)(=O)O)cc4c3)cc2c1.[Na].[Na]. The second-order valence-corrected chi connectivity index (χ2v) is 9.67. The van der Waals surface area contributed by atoms with Gasteiger partial charge in [-0.15, -0.1) is 0 Å². The van der Waals surface area contributed by atoms with Crippen LogP contribution >= 0.6 is 0 Å². The fraction of sp³-hybridized carbons (Fsp3) is 0. The van der Waals surface area contributed by atoms with E-state index in [1.807, 2.05) is 0 Å². The van der Waals surface area contributed by atoms with Crippen molar-refractivity contribution >= 4 is 112 Å². The van der Waals surface area contributed by atoms with Gasteiger partial charge in [0, 0.05) is 93.4 Å². The molecule has 162 valence electrons. The zero-order chi connectivity index (χ0) is 22.6. The maximum atomic E-state index is 11.4. The molecule has 4 aromatic rings. The number of phenolic OH excluding ortho intramolecular Hbond substituents is 2. The van der Waals surface area contributed by atoms with E-state index in [-0.39, 0.29) is 70.6 Å². The van der Waals surface area contributed by atoms with Crippen molar-refractivity contribution in [2.24, 2.45) is 0 Å². The summed E-state index contributed by atoms with van der Waals surface area (Å²) in [7, 11) is -9.01. The van der Waals surface area contributed by atoms with Gasteiger partial charge in [0.1, 0.15) is 11.5 Å². The number of phenols is 2. The Morgan fingerprint density at radius 1 is 0.576 bits per heavy atom. The molecule has 0 bridgehead atoms. The number of benzene rings is 4. The minimum Gasteiger partial charge on any atom is -0.507 e.